The minimum Gasteiger partial charge on any atom is -0.480 e. The van der Waals surface area contributed by atoms with Crippen LogP contribution in [-0.2, 0) is 11.3 Å². The lowest BCUT2D eigenvalue weighted by molar-refractivity contribution is -0.141. The maximum atomic E-state index is 11.1. The fraction of sp³-hybridized carbons (Fsp3) is 0.667. The Kier molecular flexibility index (Phi) is 4.15. The maximum absolute atomic E-state index is 11.1. The molecule has 2 fully saturated rings. The highest BCUT2D eigenvalue weighted by atomic mass is 16.4. The first-order valence-electron chi connectivity index (χ1n) is 7.74. The van der Waals surface area contributed by atoms with Crippen LogP contribution in [0.15, 0.2) is 12.5 Å². The number of rotatable bonds is 4. The number of imidazole rings is 1. The molecule has 4 atom stereocenters. The number of hydrogen-bond donors (Lipinski definition) is 3. The number of carboxylic acid groups (broad SMARTS) is 2. The Balaban J connectivity index is 1.59. The molecule has 1 aliphatic heterocycles. The summed E-state index contributed by atoms with van der Waals surface area (Å²) >= 11 is 0. The zero-order chi connectivity index (χ0) is 15.7. The van der Waals surface area contributed by atoms with Crippen molar-refractivity contribution < 1.29 is 19.8 Å². The topological polar surface area (TPSA) is 104 Å². The Bertz CT molecular complexity index is 571. The van der Waals surface area contributed by atoms with Gasteiger partial charge in [-0.15, -0.1) is 0 Å². The zero-order valence-electron chi connectivity index (χ0n) is 12.3. The Hall–Kier alpha value is -1.89. The lowest BCUT2D eigenvalue weighted by Gasteiger charge is -2.41. The first-order valence-corrected chi connectivity index (χ1v) is 7.74. The third-order valence-corrected chi connectivity index (χ3v) is 5.03. The van der Waals surface area contributed by atoms with E-state index in [1.807, 2.05) is 4.57 Å². The van der Waals surface area contributed by atoms with Gasteiger partial charge in [0, 0.05) is 12.7 Å². The highest BCUT2D eigenvalue weighted by molar-refractivity contribution is 5.84. The van der Waals surface area contributed by atoms with Crippen molar-refractivity contribution >= 4 is 11.9 Å². The number of aromatic nitrogens is 2. The van der Waals surface area contributed by atoms with Crippen LogP contribution in [0.3, 0.4) is 0 Å². The predicted molar refractivity (Wildman–Crippen MR) is 77.6 cm³/mol. The third-order valence-electron chi connectivity index (χ3n) is 5.03. The van der Waals surface area contributed by atoms with E-state index in [4.69, 9.17) is 10.2 Å². The molecule has 2 aliphatic rings. The molecule has 1 aromatic heterocycles. The fourth-order valence-electron chi connectivity index (χ4n) is 3.88. The molecule has 1 aromatic rings. The number of nitrogens with zero attached hydrogens (tertiary/aromatic N) is 2. The smallest absolute Gasteiger partial charge is 0.356 e. The van der Waals surface area contributed by atoms with Gasteiger partial charge in [-0.1, -0.05) is 0 Å². The molecule has 0 bridgehead atoms. The third kappa shape index (κ3) is 3.14. The van der Waals surface area contributed by atoms with Crippen LogP contribution in [0.1, 0.15) is 36.2 Å². The molecule has 3 N–H and O–H groups in total. The van der Waals surface area contributed by atoms with Crippen molar-refractivity contribution in [3.8, 4) is 0 Å². The number of aliphatic carboxylic acids is 1. The SMILES string of the molecule is O=C(O)c1cn(CC2CCC3CNC(C(=O)O)CC3C2)cn1. The van der Waals surface area contributed by atoms with Gasteiger partial charge in [-0.3, -0.25) is 4.79 Å². The van der Waals surface area contributed by atoms with Crippen LogP contribution in [0, 0.1) is 17.8 Å². The first kappa shape index (κ1) is 15.0. The average molecular weight is 307 g/mol. The second kappa shape index (κ2) is 6.08. The Labute approximate surface area is 128 Å². The van der Waals surface area contributed by atoms with Gasteiger partial charge in [-0.05, 0) is 50.0 Å². The summed E-state index contributed by atoms with van der Waals surface area (Å²) in [7, 11) is 0. The van der Waals surface area contributed by atoms with Crippen molar-refractivity contribution in [3.05, 3.63) is 18.2 Å². The minimum atomic E-state index is -1.01. The summed E-state index contributed by atoms with van der Waals surface area (Å²) in [5.74, 6) is -0.288. The van der Waals surface area contributed by atoms with Gasteiger partial charge < -0.3 is 20.1 Å². The Morgan fingerprint density at radius 2 is 2.09 bits per heavy atom. The van der Waals surface area contributed by atoms with Gasteiger partial charge in [-0.25, -0.2) is 9.78 Å². The summed E-state index contributed by atoms with van der Waals surface area (Å²) in [6, 6.07) is -0.424. The number of aromatic carboxylic acids is 1. The van der Waals surface area contributed by atoms with Crippen molar-refractivity contribution in [2.75, 3.05) is 6.54 Å². The van der Waals surface area contributed by atoms with Gasteiger partial charge in [0.2, 0.25) is 0 Å². The summed E-state index contributed by atoms with van der Waals surface area (Å²) in [4.78, 5) is 25.9. The van der Waals surface area contributed by atoms with Crippen LogP contribution in [0.25, 0.3) is 0 Å². The number of nitrogens with one attached hydrogen (secondary N) is 1. The molecule has 1 aliphatic carbocycles. The van der Waals surface area contributed by atoms with Crippen LogP contribution in [0.4, 0.5) is 0 Å². The molecule has 0 amide bonds. The van der Waals surface area contributed by atoms with Gasteiger partial charge in [-0.2, -0.15) is 0 Å². The van der Waals surface area contributed by atoms with E-state index in [1.54, 1.807) is 12.5 Å². The van der Waals surface area contributed by atoms with Gasteiger partial charge in [0.15, 0.2) is 5.69 Å². The molecule has 1 saturated heterocycles. The highest BCUT2D eigenvalue weighted by Gasteiger charge is 2.37. The van der Waals surface area contributed by atoms with Gasteiger partial charge >= 0.3 is 11.9 Å². The zero-order valence-corrected chi connectivity index (χ0v) is 12.3. The van der Waals surface area contributed by atoms with Crippen molar-refractivity contribution in [3.63, 3.8) is 0 Å². The minimum absolute atomic E-state index is 0.0708. The van der Waals surface area contributed by atoms with Gasteiger partial charge in [0.05, 0.1) is 6.33 Å². The Morgan fingerprint density at radius 3 is 2.77 bits per heavy atom. The van der Waals surface area contributed by atoms with Crippen LogP contribution >= 0.6 is 0 Å². The number of carbonyl (C=O) groups is 2. The number of carboxylic acids is 2. The molecule has 4 unspecified atom stereocenters. The van der Waals surface area contributed by atoms with E-state index in [0.717, 1.165) is 32.4 Å². The molecule has 3 rings (SSSR count). The highest BCUT2D eigenvalue weighted by Crippen LogP contribution is 2.39. The van der Waals surface area contributed by atoms with E-state index in [9.17, 15) is 9.59 Å². The molecule has 0 aromatic carbocycles. The molecule has 7 nitrogen and oxygen atoms in total. The molecule has 0 radical (unpaired) electrons. The quantitative estimate of drug-likeness (QED) is 0.768. The normalized spacial score (nSPS) is 31.5. The second-order valence-corrected chi connectivity index (χ2v) is 6.49. The first-order chi connectivity index (χ1) is 10.5. The summed E-state index contributed by atoms with van der Waals surface area (Å²) < 4.78 is 1.84. The monoisotopic (exact) mass is 307 g/mol. The van der Waals surface area contributed by atoms with E-state index in [2.05, 4.69) is 10.3 Å². The van der Waals surface area contributed by atoms with Crippen LogP contribution in [0.5, 0.6) is 0 Å². The molecule has 7 heteroatoms. The summed E-state index contributed by atoms with van der Waals surface area (Å²) in [6.45, 7) is 1.55. The second-order valence-electron chi connectivity index (χ2n) is 6.49. The maximum Gasteiger partial charge on any atom is 0.356 e. The van der Waals surface area contributed by atoms with Crippen molar-refractivity contribution in [1.82, 2.24) is 14.9 Å². The van der Waals surface area contributed by atoms with E-state index in [1.165, 1.54) is 0 Å². The van der Waals surface area contributed by atoms with Crippen molar-refractivity contribution in [1.29, 1.82) is 0 Å². The summed E-state index contributed by atoms with van der Waals surface area (Å²) in [5.41, 5.74) is 0.0708. The summed E-state index contributed by atoms with van der Waals surface area (Å²) in [5, 5.41) is 21.2. The molecule has 120 valence electrons. The number of hydrogen-bond acceptors (Lipinski definition) is 4. The van der Waals surface area contributed by atoms with E-state index in [0.29, 0.717) is 24.2 Å². The summed E-state index contributed by atoms with van der Waals surface area (Å²) in [6.07, 6.45) is 7.04. The fourth-order valence-corrected chi connectivity index (χ4v) is 3.88. The molecule has 0 spiro atoms. The van der Waals surface area contributed by atoms with E-state index < -0.39 is 18.0 Å². The number of fused-ring (bicyclic) bond motifs is 1. The van der Waals surface area contributed by atoms with Crippen LogP contribution < -0.4 is 5.32 Å². The molecular formula is C15H21N3O4. The van der Waals surface area contributed by atoms with Gasteiger partial charge in [0.25, 0.3) is 0 Å². The molecule has 2 heterocycles. The van der Waals surface area contributed by atoms with E-state index >= 15 is 0 Å². The van der Waals surface area contributed by atoms with Crippen LogP contribution in [-0.4, -0.2) is 44.3 Å². The Morgan fingerprint density at radius 1 is 1.27 bits per heavy atom. The van der Waals surface area contributed by atoms with E-state index in [-0.39, 0.29) is 5.69 Å². The predicted octanol–water partition coefficient (Wildman–Crippen LogP) is 1.06. The standard InChI is InChI=1S/C15H21N3O4/c19-14(20)12-4-11-3-9(1-2-10(11)5-16-12)6-18-7-13(15(21)22)17-8-18/h7-12,16H,1-6H2,(H,19,20)(H,21,22). The van der Waals surface area contributed by atoms with Crippen molar-refractivity contribution in [2.45, 2.75) is 38.3 Å². The lowest BCUT2D eigenvalue weighted by atomic mass is 9.69. The van der Waals surface area contributed by atoms with Gasteiger partial charge in [0.1, 0.15) is 6.04 Å². The van der Waals surface area contributed by atoms with Crippen LogP contribution in [0.2, 0.25) is 0 Å². The lowest BCUT2D eigenvalue weighted by Crippen LogP contribution is -2.49. The average Bonchev–Trinajstić information content (AvgIpc) is 2.95. The van der Waals surface area contributed by atoms with Crippen molar-refractivity contribution in [2.24, 2.45) is 17.8 Å². The molecule has 1 saturated carbocycles. The molecule has 22 heavy (non-hydrogen) atoms. The largest absolute Gasteiger partial charge is 0.480 e. The number of piperidine rings is 1. The molecular weight excluding hydrogens is 286 g/mol.